The van der Waals surface area contributed by atoms with Crippen LogP contribution in [0.25, 0.3) is 0 Å². The quantitative estimate of drug-likeness (QED) is 0.399. The Kier molecular flexibility index (Phi) is 4.12. The number of ether oxygens (including phenoxy) is 2. The Hall–Kier alpha value is -1.20. The van der Waals surface area contributed by atoms with E-state index in [1.54, 1.807) is 0 Å². The number of esters is 1. The predicted molar refractivity (Wildman–Crippen MR) is 111 cm³/mol. The lowest BCUT2D eigenvalue weighted by molar-refractivity contribution is -0.173. The van der Waals surface area contributed by atoms with Crippen LogP contribution in [0.15, 0.2) is 12.2 Å². The van der Waals surface area contributed by atoms with Crippen LogP contribution in [-0.4, -0.2) is 40.8 Å². The summed E-state index contributed by atoms with van der Waals surface area (Å²) in [6.07, 6.45) is 4.01. The number of allylic oxidation sites excluding steroid dienone is 1. The normalized spacial score (nSPS) is 52.1. The van der Waals surface area contributed by atoms with E-state index in [4.69, 9.17) is 9.47 Å². The average molecular weight is 417 g/mol. The number of hydrogen-bond acceptors (Lipinski definition) is 5. The van der Waals surface area contributed by atoms with Gasteiger partial charge in [-0.2, -0.15) is 0 Å². The van der Waals surface area contributed by atoms with Gasteiger partial charge in [-0.1, -0.05) is 20.4 Å². The van der Waals surface area contributed by atoms with Crippen LogP contribution in [0.5, 0.6) is 0 Å². The summed E-state index contributed by atoms with van der Waals surface area (Å²) >= 11 is 0. The van der Waals surface area contributed by atoms with E-state index >= 15 is 0 Å². The molecule has 0 radical (unpaired) electrons. The summed E-state index contributed by atoms with van der Waals surface area (Å²) in [7, 11) is 0. The van der Waals surface area contributed by atoms with Crippen LogP contribution >= 0.6 is 0 Å². The maximum Gasteiger partial charge on any atom is 0.311 e. The number of aliphatic hydroxyl groups is 1. The van der Waals surface area contributed by atoms with Crippen molar-refractivity contribution in [2.45, 2.75) is 97.1 Å². The zero-order valence-corrected chi connectivity index (χ0v) is 19.0. The molecule has 9 atom stereocenters. The number of Topliss-reactive ketones (excluding diaryl/α,β-unsaturated/α-hetero) is 1. The first-order chi connectivity index (χ1) is 13.8. The number of rotatable bonds is 1. The molecule has 4 saturated carbocycles. The third-order valence-corrected chi connectivity index (χ3v) is 9.66. The largest absolute Gasteiger partial charge is 0.462 e. The van der Waals surface area contributed by atoms with Gasteiger partial charge in [0.2, 0.25) is 0 Å². The van der Waals surface area contributed by atoms with Gasteiger partial charge in [0.15, 0.2) is 5.78 Å². The molecule has 0 aromatic heterocycles. The van der Waals surface area contributed by atoms with Gasteiger partial charge in [-0.25, -0.2) is 0 Å². The molecule has 0 aromatic carbocycles. The lowest BCUT2D eigenvalue weighted by Crippen LogP contribution is -2.63. The second-order valence-corrected chi connectivity index (χ2v) is 12.2. The minimum absolute atomic E-state index is 0.0551. The molecule has 5 aliphatic rings. The lowest BCUT2D eigenvalue weighted by atomic mass is 9.44. The van der Waals surface area contributed by atoms with Gasteiger partial charge >= 0.3 is 5.97 Å². The number of ketones is 1. The van der Waals surface area contributed by atoms with Crippen molar-refractivity contribution in [2.75, 3.05) is 0 Å². The molecule has 5 heteroatoms. The van der Waals surface area contributed by atoms with Crippen molar-refractivity contribution in [1.29, 1.82) is 0 Å². The van der Waals surface area contributed by atoms with E-state index in [2.05, 4.69) is 20.4 Å². The number of epoxide rings is 1. The molecule has 1 heterocycles. The SMILES string of the molecule is C=C1C[C@H]2[C@@H]3[C@@H](O)[C@H]4O[C@]45C[C@@H](OC(=O)C(C)(C)C)CC[C@]5(C)[C@H]3CC[C@]2(C)C1=O. The van der Waals surface area contributed by atoms with Gasteiger partial charge in [-0.15, -0.1) is 0 Å². The van der Waals surface area contributed by atoms with Crippen LogP contribution in [0, 0.1) is 34.0 Å². The van der Waals surface area contributed by atoms with Gasteiger partial charge in [-0.3, -0.25) is 9.59 Å². The minimum atomic E-state index is -0.566. The standard InChI is InChI=1S/C25H36O5/c1-13-11-16-17-15(8-9-23(16,5)19(13)27)24(6)10-7-14(29-21(28)22(2,3)4)12-25(24)20(30-25)18(17)26/h14-18,20,26H,1,7-12H2,2-6H3/t14-,15-,16-,17+,18+,20+,23-,24+,25+/m0/s1. The highest BCUT2D eigenvalue weighted by molar-refractivity contribution is 6.02. The van der Waals surface area contributed by atoms with Gasteiger partial charge in [0, 0.05) is 17.3 Å². The Morgan fingerprint density at radius 2 is 1.90 bits per heavy atom. The second-order valence-electron chi connectivity index (χ2n) is 12.2. The fourth-order valence-corrected chi connectivity index (χ4v) is 7.80. The molecular formula is C25H36O5. The molecule has 5 rings (SSSR count). The number of fused-ring (bicyclic) bond motifs is 4. The molecule has 0 amide bonds. The predicted octanol–water partition coefficient (Wildman–Crippen LogP) is 3.82. The summed E-state index contributed by atoms with van der Waals surface area (Å²) in [5.74, 6) is 0.584. The summed E-state index contributed by atoms with van der Waals surface area (Å²) in [5.41, 5.74) is -0.635. The topological polar surface area (TPSA) is 76.1 Å². The first kappa shape index (κ1) is 20.7. The van der Waals surface area contributed by atoms with Gasteiger partial charge in [0.05, 0.1) is 11.5 Å². The van der Waals surface area contributed by atoms with Gasteiger partial charge < -0.3 is 14.6 Å². The molecule has 0 bridgehead atoms. The van der Waals surface area contributed by atoms with Crippen LogP contribution in [0.2, 0.25) is 0 Å². The summed E-state index contributed by atoms with van der Waals surface area (Å²) in [5, 5.41) is 11.4. The van der Waals surface area contributed by atoms with Crippen molar-refractivity contribution in [3.05, 3.63) is 12.2 Å². The Morgan fingerprint density at radius 3 is 2.57 bits per heavy atom. The number of carbonyl (C=O) groups excluding carboxylic acids is 2. The fraction of sp³-hybridized carbons (Fsp3) is 0.840. The molecule has 1 saturated heterocycles. The highest BCUT2D eigenvalue weighted by atomic mass is 16.6. The van der Waals surface area contributed by atoms with Gasteiger partial charge in [0.25, 0.3) is 0 Å². The maximum absolute atomic E-state index is 12.9. The van der Waals surface area contributed by atoms with Crippen molar-refractivity contribution < 1.29 is 24.2 Å². The maximum atomic E-state index is 12.9. The van der Waals surface area contributed by atoms with Crippen molar-refractivity contribution >= 4 is 11.8 Å². The molecule has 1 spiro atoms. The molecular weight excluding hydrogens is 380 g/mol. The molecule has 1 aliphatic heterocycles. The van der Waals surface area contributed by atoms with Crippen LogP contribution < -0.4 is 0 Å². The van der Waals surface area contributed by atoms with Crippen molar-refractivity contribution in [3.63, 3.8) is 0 Å². The highest BCUT2D eigenvalue weighted by Gasteiger charge is 2.79. The molecule has 0 unspecified atom stereocenters. The van der Waals surface area contributed by atoms with Gasteiger partial charge in [-0.05, 0) is 76.2 Å². The van der Waals surface area contributed by atoms with Crippen LogP contribution in [0.1, 0.15) is 73.1 Å². The number of carbonyl (C=O) groups is 2. The molecule has 5 fully saturated rings. The first-order valence-corrected chi connectivity index (χ1v) is 11.6. The Bertz CT molecular complexity index is 826. The van der Waals surface area contributed by atoms with E-state index in [0.717, 1.165) is 31.3 Å². The third-order valence-electron chi connectivity index (χ3n) is 9.66. The van der Waals surface area contributed by atoms with E-state index in [9.17, 15) is 14.7 Å². The summed E-state index contributed by atoms with van der Waals surface area (Å²) in [6.45, 7) is 14.1. The Labute approximate surface area is 179 Å². The third kappa shape index (κ3) is 2.42. The van der Waals surface area contributed by atoms with Crippen molar-refractivity contribution in [1.82, 2.24) is 0 Å². The van der Waals surface area contributed by atoms with Crippen LogP contribution in [-0.2, 0) is 19.1 Å². The van der Waals surface area contributed by atoms with E-state index in [1.165, 1.54) is 0 Å². The average Bonchev–Trinajstić information content (AvgIpc) is 3.34. The first-order valence-electron chi connectivity index (χ1n) is 11.6. The molecule has 5 nitrogen and oxygen atoms in total. The molecule has 4 aliphatic carbocycles. The summed E-state index contributed by atoms with van der Waals surface area (Å²) < 4.78 is 12.2. The van der Waals surface area contributed by atoms with Gasteiger partial charge in [0.1, 0.15) is 17.8 Å². The van der Waals surface area contributed by atoms with Crippen LogP contribution in [0.3, 0.4) is 0 Å². The monoisotopic (exact) mass is 416 g/mol. The number of aliphatic hydroxyl groups excluding tert-OH is 1. The van der Waals surface area contributed by atoms with Crippen molar-refractivity contribution in [3.8, 4) is 0 Å². The second kappa shape index (κ2) is 5.98. The highest BCUT2D eigenvalue weighted by Crippen LogP contribution is 2.73. The van der Waals surface area contributed by atoms with E-state index < -0.39 is 17.1 Å². The summed E-state index contributed by atoms with van der Waals surface area (Å²) in [4.78, 5) is 25.3. The molecule has 30 heavy (non-hydrogen) atoms. The molecule has 0 aromatic rings. The fourth-order valence-electron chi connectivity index (χ4n) is 7.80. The van der Waals surface area contributed by atoms with E-state index in [0.29, 0.717) is 18.8 Å². The minimum Gasteiger partial charge on any atom is -0.462 e. The van der Waals surface area contributed by atoms with Crippen molar-refractivity contribution in [2.24, 2.45) is 34.0 Å². The zero-order valence-electron chi connectivity index (χ0n) is 19.0. The Balaban J connectivity index is 1.43. The lowest BCUT2D eigenvalue weighted by Gasteiger charge is -2.59. The summed E-state index contributed by atoms with van der Waals surface area (Å²) in [6, 6.07) is 0. The Morgan fingerprint density at radius 1 is 1.20 bits per heavy atom. The van der Waals surface area contributed by atoms with Crippen LogP contribution in [0.4, 0.5) is 0 Å². The van der Waals surface area contributed by atoms with E-state index in [-0.39, 0.29) is 46.6 Å². The molecule has 166 valence electrons. The molecule has 1 N–H and O–H groups in total. The van der Waals surface area contributed by atoms with E-state index in [1.807, 2.05) is 20.8 Å². The number of hydrogen-bond donors (Lipinski definition) is 1. The smallest absolute Gasteiger partial charge is 0.311 e. The zero-order chi connectivity index (χ0) is 21.9.